The van der Waals surface area contributed by atoms with Crippen LogP contribution in [0.2, 0.25) is 0 Å². The SMILES string of the molecule is COc1ccc(OCc2ccc(N)c([N+](=O)[O-])c2)cc1. The Labute approximate surface area is 115 Å². The summed E-state index contributed by atoms with van der Waals surface area (Å²) in [5.41, 5.74) is 6.25. The maximum Gasteiger partial charge on any atom is 0.292 e. The molecule has 0 atom stereocenters. The number of nitrogens with zero attached hydrogens (tertiary/aromatic N) is 1. The van der Waals surface area contributed by atoms with Gasteiger partial charge in [0, 0.05) is 6.07 Å². The van der Waals surface area contributed by atoms with Crippen LogP contribution >= 0.6 is 0 Å². The fraction of sp³-hybridized carbons (Fsp3) is 0.143. The minimum atomic E-state index is -0.508. The molecule has 6 heteroatoms. The largest absolute Gasteiger partial charge is 0.497 e. The lowest BCUT2D eigenvalue weighted by molar-refractivity contribution is -0.384. The lowest BCUT2D eigenvalue weighted by atomic mass is 10.2. The first kappa shape index (κ1) is 13.7. The third-order valence-corrected chi connectivity index (χ3v) is 2.76. The van der Waals surface area contributed by atoms with Crippen LogP contribution in [0.15, 0.2) is 42.5 Å². The molecule has 0 fully saturated rings. The molecule has 0 spiro atoms. The second kappa shape index (κ2) is 5.92. The van der Waals surface area contributed by atoms with Crippen LogP contribution in [0.3, 0.4) is 0 Å². The highest BCUT2D eigenvalue weighted by atomic mass is 16.6. The van der Waals surface area contributed by atoms with Crippen LogP contribution in [-0.2, 0) is 6.61 Å². The number of nitro benzene ring substituents is 1. The Morgan fingerprint density at radius 3 is 2.40 bits per heavy atom. The van der Waals surface area contributed by atoms with Crippen molar-refractivity contribution in [2.45, 2.75) is 6.61 Å². The zero-order valence-electron chi connectivity index (χ0n) is 10.9. The Bertz CT molecular complexity index is 611. The van der Waals surface area contributed by atoms with Crippen LogP contribution in [0.5, 0.6) is 11.5 Å². The molecule has 6 nitrogen and oxygen atoms in total. The first-order valence-corrected chi connectivity index (χ1v) is 5.90. The monoisotopic (exact) mass is 274 g/mol. The summed E-state index contributed by atoms with van der Waals surface area (Å²) in [6.45, 7) is 0.230. The normalized spacial score (nSPS) is 10.1. The molecule has 20 heavy (non-hydrogen) atoms. The molecule has 0 unspecified atom stereocenters. The Kier molecular flexibility index (Phi) is 4.05. The zero-order valence-corrected chi connectivity index (χ0v) is 10.9. The summed E-state index contributed by atoms with van der Waals surface area (Å²) < 4.78 is 10.6. The van der Waals surface area contributed by atoms with Crippen LogP contribution in [0.1, 0.15) is 5.56 Å². The van der Waals surface area contributed by atoms with Crippen LogP contribution in [0.25, 0.3) is 0 Å². The molecule has 2 aromatic carbocycles. The number of hydrogen-bond donors (Lipinski definition) is 1. The maximum atomic E-state index is 10.8. The molecule has 0 aliphatic carbocycles. The number of anilines is 1. The van der Waals surface area contributed by atoms with Crippen LogP contribution in [-0.4, -0.2) is 12.0 Å². The van der Waals surface area contributed by atoms with Gasteiger partial charge in [0.15, 0.2) is 0 Å². The third kappa shape index (κ3) is 3.17. The number of hydrogen-bond acceptors (Lipinski definition) is 5. The number of nitro groups is 1. The highest BCUT2D eigenvalue weighted by Gasteiger charge is 2.11. The van der Waals surface area contributed by atoms with Gasteiger partial charge in [0.1, 0.15) is 23.8 Å². The number of ether oxygens (including phenoxy) is 2. The summed E-state index contributed by atoms with van der Waals surface area (Å²) in [7, 11) is 1.59. The second-order valence-corrected chi connectivity index (χ2v) is 4.11. The zero-order chi connectivity index (χ0) is 14.5. The van der Waals surface area contributed by atoms with Gasteiger partial charge in [-0.1, -0.05) is 6.07 Å². The smallest absolute Gasteiger partial charge is 0.292 e. The molecular formula is C14H14N2O4. The average Bonchev–Trinajstić information content (AvgIpc) is 2.46. The molecule has 0 radical (unpaired) electrons. The number of nitrogens with two attached hydrogens (primary N) is 1. The van der Waals surface area contributed by atoms with E-state index in [0.29, 0.717) is 11.3 Å². The van der Waals surface area contributed by atoms with E-state index in [0.717, 1.165) is 5.75 Å². The molecule has 104 valence electrons. The van der Waals surface area contributed by atoms with E-state index in [-0.39, 0.29) is 18.0 Å². The van der Waals surface area contributed by atoms with Crippen molar-refractivity contribution in [2.24, 2.45) is 0 Å². The summed E-state index contributed by atoms with van der Waals surface area (Å²) in [4.78, 5) is 10.3. The van der Waals surface area contributed by atoms with Crippen molar-refractivity contribution < 1.29 is 14.4 Å². The van der Waals surface area contributed by atoms with Crippen molar-refractivity contribution >= 4 is 11.4 Å². The molecule has 0 bridgehead atoms. The molecule has 0 aliphatic rings. The van der Waals surface area contributed by atoms with Gasteiger partial charge in [-0.05, 0) is 35.9 Å². The molecule has 0 amide bonds. The van der Waals surface area contributed by atoms with Gasteiger partial charge in [-0.2, -0.15) is 0 Å². The van der Waals surface area contributed by atoms with Crippen LogP contribution in [0.4, 0.5) is 11.4 Å². The van der Waals surface area contributed by atoms with E-state index >= 15 is 0 Å². The first-order chi connectivity index (χ1) is 9.60. The van der Waals surface area contributed by atoms with E-state index in [4.69, 9.17) is 15.2 Å². The number of nitrogen functional groups attached to an aromatic ring is 1. The van der Waals surface area contributed by atoms with Gasteiger partial charge in [-0.3, -0.25) is 10.1 Å². The Morgan fingerprint density at radius 1 is 1.15 bits per heavy atom. The van der Waals surface area contributed by atoms with Gasteiger partial charge in [0.05, 0.1) is 12.0 Å². The van der Waals surface area contributed by atoms with E-state index in [1.165, 1.54) is 12.1 Å². The first-order valence-electron chi connectivity index (χ1n) is 5.90. The summed E-state index contributed by atoms with van der Waals surface area (Å²) in [5.74, 6) is 1.39. The minimum absolute atomic E-state index is 0.110. The summed E-state index contributed by atoms with van der Waals surface area (Å²) >= 11 is 0. The summed E-state index contributed by atoms with van der Waals surface area (Å²) in [6, 6.07) is 11.7. The molecule has 0 aromatic heterocycles. The lowest BCUT2D eigenvalue weighted by Gasteiger charge is -2.07. The Hall–Kier alpha value is -2.76. The average molecular weight is 274 g/mol. The number of rotatable bonds is 5. The third-order valence-electron chi connectivity index (χ3n) is 2.76. The molecule has 2 aromatic rings. The topological polar surface area (TPSA) is 87.6 Å². The molecule has 0 aliphatic heterocycles. The molecule has 0 heterocycles. The standard InChI is InChI=1S/C14H14N2O4/c1-19-11-3-5-12(6-4-11)20-9-10-2-7-13(15)14(8-10)16(17)18/h2-8H,9,15H2,1H3. The molecule has 0 saturated heterocycles. The highest BCUT2D eigenvalue weighted by molar-refractivity contribution is 5.59. The maximum absolute atomic E-state index is 10.8. The number of benzene rings is 2. The molecule has 0 saturated carbocycles. The van der Waals surface area contributed by atoms with E-state index in [1.807, 2.05) is 0 Å². The fourth-order valence-corrected chi connectivity index (χ4v) is 1.68. The molecule has 2 N–H and O–H groups in total. The number of methoxy groups -OCH3 is 1. The van der Waals surface area contributed by atoms with Crippen molar-refractivity contribution in [3.63, 3.8) is 0 Å². The van der Waals surface area contributed by atoms with Gasteiger partial charge in [0.25, 0.3) is 5.69 Å². The minimum Gasteiger partial charge on any atom is -0.497 e. The van der Waals surface area contributed by atoms with E-state index in [2.05, 4.69) is 0 Å². The van der Waals surface area contributed by atoms with Crippen LogP contribution in [0, 0.1) is 10.1 Å². The van der Waals surface area contributed by atoms with Gasteiger partial charge in [-0.15, -0.1) is 0 Å². The Balaban J connectivity index is 2.06. The molecular weight excluding hydrogens is 260 g/mol. The molecule has 2 rings (SSSR count). The van der Waals surface area contributed by atoms with E-state index < -0.39 is 4.92 Å². The van der Waals surface area contributed by atoms with Gasteiger partial charge in [-0.25, -0.2) is 0 Å². The predicted octanol–water partition coefficient (Wildman–Crippen LogP) is 2.76. The van der Waals surface area contributed by atoms with Crippen molar-refractivity contribution in [1.29, 1.82) is 0 Å². The lowest BCUT2D eigenvalue weighted by Crippen LogP contribution is -2.00. The fourth-order valence-electron chi connectivity index (χ4n) is 1.68. The Morgan fingerprint density at radius 2 is 1.80 bits per heavy atom. The summed E-state index contributed by atoms with van der Waals surface area (Å²) in [6.07, 6.45) is 0. The van der Waals surface area contributed by atoms with Crippen LogP contribution < -0.4 is 15.2 Å². The van der Waals surface area contributed by atoms with Gasteiger partial charge in [0.2, 0.25) is 0 Å². The van der Waals surface area contributed by atoms with Crippen molar-refractivity contribution in [3.05, 3.63) is 58.1 Å². The second-order valence-electron chi connectivity index (χ2n) is 4.11. The van der Waals surface area contributed by atoms with E-state index in [9.17, 15) is 10.1 Å². The highest BCUT2D eigenvalue weighted by Crippen LogP contribution is 2.23. The predicted molar refractivity (Wildman–Crippen MR) is 74.8 cm³/mol. The van der Waals surface area contributed by atoms with Gasteiger partial charge < -0.3 is 15.2 Å². The van der Waals surface area contributed by atoms with Gasteiger partial charge >= 0.3 is 0 Å². The van der Waals surface area contributed by atoms with E-state index in [1.54, 1.807) is 37.4 Å². The van der Waals surface area contributed by atoms with Crippen molar-refractivity contribution in [3.8, 4) is 11.5 Å². The van der Waals surface area contributed by atoms with Crippen molar-refractivity contribution in [1.82, 2.24) is 0 Å². The summed E-state index contributed by atoms with van der Waals surface area (Å²) in [5, 5.41) is 10.8. The van der Waals surface area contributed by atoms with Crippen molar-refractivity contribution in [2.75, 3.05) is 12.8 Å². The quantitative estimate of drug-likeness (QED) is 0.514.